The Kier molecular flexibility index (Phi) is 2.51. The van der Waals surface area contributed by atoms with E-state index in [4.69, 9.17) is 5.11 Å². The fourth-order valence-electron chi connectivity index (χ4n) is 1.34. The lowest BCUT2D eigenvalue weighted by Gasteiger charge is -2.05. The van der Waals surface area contributed by atoms with Crippen LogP contribution in [0, 0.1) is 6.33 Å². The van der Waals surface area contributed by atoms with E-state index in [2.05, 4.69) is 16.3 Å². The Labute approximate surface area is 82.1 Å². The van der Waals surface area contributed by atoms with Crippen LogP contribution in [0.4, 0.5) is 0 Å². The van der Waals surface area contributed by atoms with Crippen LogP contribution >= 0.6 is 0 Å². The molecular weight excluding hydrogens is 176 g/mol. The SMILES string of the molecule is OCc1ccccc1-c1cn[c]nc1. The predicted octanol–water partition coefficient (Wildman–Crippen LogP) is 1.44. The first-order valence-electron chi connectivity index (χ1n) is 4.29. The van der Waals surface area contributed by atoms with Gasteiger partial charge in [-0.1, -0.05) is 24.3 Å². The van der Waals surface area contributed by atoms with Gasteiger partial charge in [-0.15, -0.1) is 0 Å². The molecule has 3 nitrogen and oxygen atoms in total. The summed E-state index contributed by atoms with van der Waals surface area (Å²) in [6.07, 6.45) is 5.84. The van der Waals surface area contributed by atoms with Crippen LogP contribution in [0.5, 0.6) is 0 Å². The van der Waals surface area contributed by atoms with E-state index in [-0.39, 0.29) is 6.61 Å². The second-order valence-corrected chi connectivity index (χ2v) is 2.89. The largest absolute Gasteiger partial charge is 0.392 e. The third kappa shape index (κ3) is 1.63. The van der Waals surface area contributed by atoms with Gasteiger partial charge in [0.15, 0.2) is 6.33 Å². The summed E-state index contributed by atoms with van der Waals surface area (Å²) in [5.74, 6) is 0. The second kappa shape index (κ2) is 3.98. The zero-order valence-electron chi connectivity index (χ0n) is 7.51. The van der Waals surface area contributed by atoms with E-state index in [1.807, 2.05) is 24.3 Å². The maximum atomic E-state index is 9.13. The maximum absolute atomic E-state index is 9.13. The molecule has 0 amide bonds. The van der Waals surface area contributed by atoms with E-state index in [0.29, 0.717) is 0 Å². The molecule has 0 unspecified atom stereocenters. The van der Waals surface area contributed by atoms with E-state index in [1.54, 1.807) is 12.4 Å². The smallest absolute Gasteiger partial charge is 0.197 e. The van der Waals surface area contributed by atoms with Crippen LogP contribution in [0.25, 0.3) is 11.1 Å². The molecule has 0 saturated carbocycles. The molecule has 0 fully saturated rings. The predicted molar refractivity (Wildman–Crippen MR) is 52.2 cm³/mol. The molecular formula is C11H9N2O. The minimum absolute atomic E-state index is 0.0226. The van der Waals surface area contributed by atoms with Gasteiger partial charge < -0.3 is 5.11 Å². The third-order valence-electron chi connectivity index (χ3n) is 2.02. The summed E-state index contributed by atoms with van der Waals surface area (Å²) in [5.41, 5.74) is 2.74. The minimum Gasteiger partial charge on any atom is -0.392 e. The van der Waals surface area contributed by atoms with E-state index >= 15 is 0 Å². The lowest BCUT2D eigenvalue weighted by molar-refractivity contribution is 0.282. The summed E-state index contributed by atoms with van der Waals surface area (Å²) >= 11 is 0. The van der Waals surface area contributed by atoms with E-state index in [0.717, 1.165) is 16.7 Å². The van der Waals surface area contributed by atoms with Gasteiger partial charge >= 0.3 is 0 Å². The van der Waals surface area contributed by atoms with Gasteiger partial charge in [0.25, 0.3) is 0 Å². The van der Waals surface area contributed by atoms with Gasteiger partial charge in [-0.25, -0.2) is 9.97 Å². The van der Waals surface area contributed by atoms with Gasteiger partial charge in [-0.05, 0) is 11.1 Å². The van der Waals surface area contributed by atoms with Crippen molar-refractivity contribution in [3.63, 3.8) is 0 Å². The van der Waals surface area contributed by atoms with Crippen molar-refractivity contribution >= 4 is 0 Å². The van der Waals surface area contributed by atoms with Crippen LogP contribution < -0.4 is 0 Å². The van der Waals surface area contributed by atoms with Crippen molar-refractivity contribution in [1.82, 2.24) is 9.97 Å². The van der Waals surface area contributed by atoms with Crippen molar-refractivity contribution in [2.45, 2.75) is 6.61 Å². The van der Waals surface area contributed by atoms with Gasteiger partial charge in [0.2, 0.25) is 0 Å². The van der Waals surface area contributed by atoms with Crippen molar-refractivity contribution in [2.75, 3.05) is 0 Å². The lowest BCUT2D eigenvalue weighted by Crippen LogP contribution is -1.90. The Morgan fingerprint density at radius 3 is 2.57 bits per heavy atom. The quantitative estimate of drug-likeness (QED) is 0.770. The Morgan fingerprint density at radius 1 is 1.14 bits per heavy atom. The summed E-state index contributed by atoms with van der Waals surface area (Å²) in [7, 11) is 0. The van der Waals surface area contributed by atoms with Crippen molar-refractivity contribution in [3.05, 3.63) is 48.5 Å². The van der Waals surface area contributed by atoms with Gasteiger partial charge in [0, 0.05) is 18.0 Å². The number of aromatic nitrogens is 2. The molecule has 1 aromatic carbocycles. The number of aliphatic hydroxyl groups excluding tert-OH is 1. The zero-order valence-corrected chi connectivity index (χ0v) is 7.51. The maximum Gasteiger partial charge on any atom is 0.197 e. The molecule has 0 atom stereocenters. The van der Waals surface area contributed by atoms with Crippen LogP contribution in [0.1, 0.15) is 5.56 Å². The molecule has 1 heterocycles. The first-order valence-corrected chi connectivity index (χ1v) is 4.29. The Morgan fingerprint density at radius 2 is 1.86 bits per heavy atom. The van der Waals surface area contributed by atoms with Gasteiger partial charge in [0.05, 0.1) is 6.61 Å². The van der Waals surface area contributed by atoms with Crippen LogP contribution in [0.3, 0.4) is 0 Å². The van der Waals surface area contributed by atoms with Crippen molar-refractivity contribution in [1.29, 1.82) is 0 Å². The molecule has 0 bridgehead atoms. The average molecular weight is 185 g/mol. The fourth-order valence-corrected chi connectivity index (χ4v) is 1.34. The normalized spacial score (nSPS) is 10.1. The molecule has 1 N–H and O–H groups in total. The van der Waals surface area contributed by atoms with Crippen LogP contribution in [0.15, 0.2) is 36.7 Å². The minimum atomic E-state index is 0.0226. The molecule has 2 rings (SSSR count). The molecule has 0 aliphatic rings. The Hall–Kier alpha value is -1.74. The molecule has 0 saturated heterocycles. The second-order valence-electron chi connectivity index (χ2n) is 2.89. The summed E-state index contributed by atoms with van der Waals surface area (Å²) in [6, 6.07) is 7.63. The molecule has 3 heteroatoms. The highest BCUT2D eigenvalue weighted by Gasteiger charge is 2.02. The molecule has 2 aromatic rings. The van der Waals surface area contributed by atoms with Crippen molar-refractivity contribution in [3.8, 4) is 11.1 Å². The van der Waals surface area contributed by atoms with E-state index in [9.17, 15) is 0 Å². The van der Waals surface area contributed by atoms with Gasteiger partial charge in [0.1, 0.15) is 0 Å². The topological polar surface area (TPSA) is 46.0 Å². The molecule has 1 aromatic heterocycles. The highest BCUT2D eigenvalue weighted by Crippen LogP contribution is 2.21. The Balaban J connectivity index is 2.51. The standard InChI is InChI=1S/C11H9N2O/c14-7-9-3-1-2-4-11(9)10-5-12-8-13-6-10/h1-6,14H,7H2. The molecule has 0 aliphatic heterocycles. The number of rotatable bonds is 2. The molecule has 69 valence electrons. The first kappa shape index (κ1) is 8.84. The third-order valence-corrected chi connectivity index (χ3v) is 2.02. The van der Waals surface area contributed by atoms with Crippen LogP contribution in [-0.2, 0) is 6.61 Å². The summed E-state index contributed by atoms with van der Waals surface area (Å²) in [6.45, 7) is 0.0226. The highest BCUT2D eigenvalue weighted by molar-refractivity contribution is 5.65. The highest BCUT2D eigenvalue weighted by atomic mass is 16.3. The van der Waals surface area contributed by atoms with E-state index < -0.39 is 0 Å². The Bertz CT molecular complexity index is 415. The first-order chi connectivity index (χ1) is 6.92. The summed E-state index contributed by atoms with van der Waals surface area (Å²) in [5, 5.41) is 9.13. The van der Waals surface area contributed by atoms with Crippen molar-refractivity contribution in [2.24, 2.45) is 0 Å². The number of hydrogen-bond donors (Lipinski definition) is 1. The molecule has 1 radical (unpaired) electrons. The van der Waals surface area contributed by atoms with Crippen molar-refractivity contribution < 1.29 is 5.11 Å². The van der Waals surface area contributed by atoms with Gasteiger partial charge in [-0.2, -0.15) is 0 Å². The molecule has 0 aliphatic carbocycles. The average Bonchev–Trinajstić information content (AvgIpc) is 2.30. The number of nitrogens with zero attached hydrogens (tertiary/aromatic N) is 2. The van der Waals surface area contributed by atoms with Crippen LogP contribution in [-0.4, -0.2) is 15.1 Å². The molecule has 0 spiro atoms. The van der Waals surface area contributed by atoms with Gasteiger partial charge in [-0.3, -0.25) is 0 Å². The summed E-state index contributed by atoms with van der Waals surface area (Å²) < 4.78 is 0. The van der Waals surface area contributed by atoms with Crippen LogP contribution in [0.2, 0.25) is 0 Å². The monoisotopic (exact) mass is 185 g/mol. The number of hydrogen-bond acceptors (Lipinski definition) is 3. The molecule has 14 heavy (non-hydrogen) atoms. The van der Waals surface area contributed by atoms with E-state index in [1.165, 1.54) is 0 Å². The zero-order chi connectivity index (χ0) is 9.80. The number of aliphatic hydroxyl groups is 1. The fraction of sp³-hybridized carbons (Fsp3) is 0.0909. The number of benzene rings is 1. The summed E-state index contributed by atoms with van der Waals surface area (Å²) in [4.78, 5) is 7.64. The lowest BCUT2D eigenvalue weighted by atomic mass is 10.0.